The topological polar surface area (TPSA) is 102 Å². The third-order valence-electron chi connectivity index (χ3n) is 7.13. The summed E-state index contributed by atoms with van der Waals surface area (Å²) in [6, 6.07) is 14.0. The quantitative estimate of drug-likeness (QED) is 0.160. The maximum Gasteiger partial charge on any atom is 0.253 e. The zero-order valence-corrected chi connectivity index (χ0v) is 27.5. The highest BCUT2D eigenvalue weighted by Crippen LogP contribution is 2.16. The number of unbranched alkanes of at least 4 members (excludes halogenated alkanes) is 1. The van der Waals surface area contributed by atoms with Crippen molar-refractivity contribution in [2.75, 3.05) is 26.2 Å². The Morgan fingerprint density at radius 2 is 1.57 bits per heavy atom. The number of amides is 3. The summed E-state index contributed by atoms with van der Waals surface area (Å²) in [6.07, 6.45) is 3.23. The van der Waals surface area contributed by atoms with Crippen molar-refractivity contribution in [1.82, 2.24) is 20.7 Å². The Balaban J connectivity index is 2.39. The van der Waals surface area contributed by atoms with Gasteiger partial charge in [0, 0.05) is 49.3 Å². The molecule has 8 heteroatoms. The minimum absolute atomic E-state index is 0.0989. The first-order chi connectivity index (χ1) is 21.1. The van der Waals surface area contributed by atoms with Gasteiger partial charge in [-0.25, -0.2) is 5.01 Å². The number of hydrogen-bond acceptors (Lipinski definition) is 5. The third kappa shape index (κ3) is 12.5. The van der Waals surface area contributed by atoms with Gasteiger partial charge in [-0.05, 0) is 62.3 Å². The first-order valence-electron chi connectivity index (χ1n) is 16.1. The Morgan fingerprint density at radius 1 is 0.909 bits per heavy atom. The van der Waals surface area contributed by atoms with Gasteiger partial charge in [-0.15, -0.1) is 5.92 Å². The van der Waals surface area contributed by atoms with Crippen LogP contribution in [0.25, 0.3) is 0 Å². The fraction of sp³-hybridized carbons (Fsp3) is 0.528. The van der Waals surface area contributed by atoms with Crippen molar-refractivity contribution in [3.05, 3.63) is 70.8 Å². The second-order valence-electron chi connectivity index (χ2n) is 11.7. The summed E-state index contributed by atoms with van der Waals surface area (Å²) in [5.74, 6) is 5.44. The van der Waals surface area contributed by atoms with Gasteiger partial charge in [-0.1, -0.05) is 77.3 Å². The predicted octanol–water partition coefficient (Wildman–Crippen LogP) is 5.20. The number of hydrazine groups is 1. The lowest BCUT2D eigenvalue weighted by atomic mass is 9.99. The molecule has 0 heterocycles. The summed E-state index contributed by atoms with van der Waals surface area (Å²) in [5.41, 5.74) is 5.21. The molecule has 0 fully saturated rings. The molecule has 2 aromatic carbocycles. The molecule has 3 amide bonds. The highest BCUT2D eigenvalue weighted by molar-refractivity contribution is 6.00. The smallest absolute Gasteiger partial charge is 0.253 e. The summed E-state index contributed by atoms with van der Waals surface area (Å²) in [7, 11) is 0. The zero-order chi connectivity index (χ0) is 32.5. The van der Waals surface area contributed by atoms with Gasteiger partial charge in [-0.3, -0.25) is 19.8 Å². The summed E-state index contributed by atoms with van der Waals surface area (Å²) >= 11 is 0. The molecule has 2 atom stereocenters. The van der Waals surface area contributed by atoms with Gasteiger partial charge in [0.2, 0.25) is 5.91 Å². The Morgan fingerprint density at radius 3 is 2.16 bits per heavy atom. The minimum atomic E-state index is -0.986. The van der Waals surface area contributed by atoms with Gasteiger partial charge in [-0.2, -0.15) is 0 Å². The van der Waals surface area contributed by atoms with Crippen molar-refractivity contribution < 1.29 is 19.5 Å². The molecule has 0 aliphatic heterocycles. The van der Waals surface area contributed by atoms with Gasteiger partial charge in [0.25, 0.3) is 11.8 Å². The van der Waals surface area contributed by atoms with Crippen molar-refractivity contribution in [3.63, 3.8) is 0 Å². The number of aliphatic hydroxyl groups is 1. The molecule has 2 unspecified atom stereocenters. The number of aliphatic hydroxyl groups excluding tert-OH is 1. The Kier molecular flexibility index (Phi) is 16.2. The molecule has 44 heavy (non-hydrogen) atoms. The summed E-state index contributed by atoms with van der Waals surface area (Å²) < 4.78 is 0. The highest BCUT2D eigenvalue weighted by atomic mass is 16.3. The van der Waals surface area contributed by atoms with Crippen LogP contribution in [0, 0.1) is 17.8 Å². The normalized spacial score (nSPS) is 12.3. The van der Waals surface area contributed by atoms with Crippen LogP contribution >= 0.6 is 0 Å². The number of carbonyl (C=O) groups excluding carboxylic acids is 3. The molecule has 240 valence electrons. The highest BCUT2D eigenvalue weighted by Gasteiger charge is 2.26. The van der Waals surface area contributed by atoms with Gasteiger partial charge in [0.15, 0.2) is 0 Å². The van der Waals surface area contributed by atoms with Crippen LogP contribution in [0.1, 0.15) is 105 Å². The lowest BCUT2D eigenvalue weighted by Gasteiger charge is -2.30. The van der Waals surface area contributed by atoms with Crippen LogP contribution in [0.15, 0.2) is 48.5 Å². The van der Waals surface area contributed by atoms with E-state index in [0.29, 0.717) is 49.2 Å². The number of rotatable bonds is 18. The van der Waals surface area contributed by atoms with Crippen molar-refractivity contribution >= 4 is 17.7 Å². The molecule has 0 saturated heterocycles. The fourth-order valence-corrected chi connectivity index (χ4v) is 5.03. The van der Waals surface area contributed by atoms with Crippen molar-refractivity contribution in [3.8, 4) is 11.8 Å². The summed E-state index contributed by atoms with van der Waals surface area (Å²) in [6.45, 7) is 13.8. The number of carbonyl (C=O) groups is 3. The van der Waals surface area contributed by atoms with E-state index in [2.05, 4.69) is 29.5 Å². The van der Waals surface area contributed by atoms with Crippen molar-refractivity contribution in [2.24, 2.45) is 5.92 Å². The number of nitrogens with one attached hydrogen (secondary N) is 2. The van der Waals surface area contributed by atoms with Gasteiger partial charge >= 0.3 is 0 Å². The number of nitrogens with zero attached hydrogens (tertiary/aromatic N) is 2. The third-order valence-corrected chi connectivity index (χ3v) is 7.13. The van der Waals surface area contributed by atoms with Crippen LogP contribution in [-0.2, 0) is 11.2 Å². The molecule has 2 rings (SSSR count). The molecule has 0 bridgehead atoms. The molecule has 8 nitrogen and oxygen atoms in total. The molecule has 0 spiro atoms. The molecule has 0 radical (unpaired) electrons. The Hall–Kier alpha value is -3.67. The minimum Gasteiger partial charge on any atom is -0.390 e. The second-order valence-corrected chi connectivity index (χ2v) is 11.7. The van der Waals surface area contributed by atoms with Gasteiger partial charge in [0.1, 0.15) is 0 Å². The molecule has 0 saturated carbocycles. The molecular formula is C36H52N4O4. The second kappa shape index (κ2) is 19.6. The van der Waals surface area contributed by atoms with E-state index in [1.165, 1.54) is 0 Å². The van der Waals surface area contributed by atoms with Crippen LogP contribution < -0.4 is 10.7 Å². The average molecular weight is 605 g/mol. The van der Waals surface area contributed by atoms with E-state index in [4.69, 9.17) is 0 Å². The zero-order valence-electron chi connectivity index (χ0n) is 27.5. The number of hydrogen-bond donors (Lipinski definition) is 3. The summed E-state index contributed by atoms with van der Waals surface area (Å²) in [5, 5.41) is 16.3. The lowest BCUT2D eigenvalue weighted by molar-refractivity contribution is -0.127. The fourth-order valence-electron chi connectivity index (χ4n) is 5.03. The van der Waals surface area contributed by atoms with E-state index >= 15 is 0 Å². The monoisotopic (exact) mass is 604 g/mol. The predicted molar refractivity (Wildman–Crippen MR) is 177 cm³/mol. The molecule has 0 aliphatic carbocycles. The van der Waals surface area contributed by atoms with Crippen LogP contribution in [0.2, 0.25) is 0 Å². The van der Waals surface area contributed by atoms with Crippen LogP contribution in [0.5, 0.6) is 0 Å². The SMILES string of the molecule is CC#Cc1cc(C(=O)NC(Cc2ccccc2)C(O)CN(CCCC)NC(=O)CC(C)C)cc(C(=O)N(CCC)CCC)c1. The first-order valence-corrected chi connectivity index (χ1v) is 16.1. The van der Waals surface area contributed by atoms with E-state index in [1.807, 2.05) is 58.0 Å². The van der Waals surface area contributed by atoms with E-state index < -0.39 is 18.1 Å². The van der Waals surface area contributed by atoms with Crippen LogP contribution in [0.3, 0.4) is 0 Å². The summed E-state index contributed by atoms with van der Waals surface area (Å²) in [4.78, 5) is 41.6. The van der Waals surface area contributed by atoms with Crippen molar-refractivity contribution in [2.45, 2.75) is 92.2 Å². The Bertz CT molecular complexity index is 1250. The molecule has 3 N–H and O–H groups in total. The maximum atomic E-state index is 13.8. The largest absolute Gasteiger partial charge is 0.390 e. The van der Waals surface area contributed by atoms with E-state index in [1.54, 1.807) is 35.0 Å². The van der Waals surface area contributed by atoms with Crippen LogP contribution in [0.4, 0.5) is 0 Å². The van der Waals surface area contributed by atoms with Crippen molar-refractivity contribution in [1.29, 1.82) is 0 Å². The van der Waals surface area contributed by atoms with E-state index in [9.17, 15) is 19.5 Å². The maximum absolute atomic E-state index is 13.8. The van der Waals surface area contributed by atoms with E-state index in [-0.39, 0.29) is 24.3 Å². The number of benzene rings is 2. The van der Waals surface area contributed by atoms with Gasteiger partial charge in [0.05, 0.1) is 12.1 Å². The standard InChI is InChI=1S/C36H52N4O4/c1-7-11-20-40(38-34(42)21-27(5)6)26-33(41)32(24-28-16-13-12-14-17-28)37-35(43)30-22-29(15-8-2)23-31(25-30)36(44)39(18-9-3)19-10-4/h12-14,16-17,22-23,25,27,32-33,41H,7,9-11,18-21,24,26H2,1-6H3,(H,37,43)(H,38,42). The molecule has 2 aromatic rings. The van der Waals surface area contributed by atoms with E-state index in [0.717, 1.165) is 31.2 Å². The molecule has 0 aromatic heterocycles. The van der Waals surface area contributed by atoms with Gasteiger partial charge < -0.3 is 15.3 Å². The lowest BCUT2D eigenvalue weighted by Crippen LogP contribution is -2.53. The molecular weight excluding hydrogens is 552 g/mol. The first kappa shape index (κ1) is 36.5. The molecule has 0 aliphatic rings. The Labute approximate surface area is 264 Å². The average Bonchev–Trinajstić information content (AvgIpc) is 2.99. The van der Waals surface area contributed by atoms with Crippen LogP contribution in [-0.4, -0.2) is 71.1 Å².